The van der Waals surface area contributed by atoms with Gasteiger partial charge >= 0.3 is 6.11 Å². The van der Waals surface area contributed by atoms with Crippen LogP contribution < -0.4 is 15.4 Å². The highest BCUT2D eigenvalue weighted by Crippen LogP contribution is 2.40. The Hall–Kier alpha value is -2.44. The number of ether oxygens (including phenoxy) is 2. The molecule has 4 rings (SSSR count). The van der Waals surface area contributed by atoms with E-state index in [9.17, 15) is 18.0 Å². The van der Waals surface area contributed by atoms with E-state index in [1.54, 1.807) is 6.08 Å². The monoisotopic (exact) mass is 518 g/mol. The summed E-state index contributed by atoms with van der Waals surface area (Å²) in [4.78, 5) is 15.7. The van der Waals surface area contributed by atoms with Crippen LogP contribution in [-0.2, 0) is 9.53 Å². The van der Waals surface area contributed by atoms with Crippen molar-refractivity contribution < 1.29 is 32.0 Å². The van der Waals surface area contributed by atoms with E-state index in [1.807, 2.05) is 0 Å². The van der Waals surface area contributed by atoms with Gasteiger partial charge < -0.3 is 24.6 Å². The molecule has 1 saturated carbocycles. The fraction of sp³-hybridized carbons (Fsp3) is 0.476. The lowest BCUT2D eigenvalue weighted by Gasteiger charge is -2.34. The number of nitrogens with one attached hydrogen (secondary N) is 2. The Balaban J connectivity index is 1.26. The van der Waals surface area contributed by atoms with Gasteiger partial charge in [-0.25, -0.2) is 4.39 Å². The molecule has 184 valence electrons. The molecule has 2 heterocycles. The quantitative estimate of drug-likeness (QED) is 0.360. The van der Waals surface area contributed by atoms with Crippen LogP contribution in [0.3, 0.4) is 0 Å². The number of benzene rings is 1. The van der Waals surface area contributed by atoms with E-state index in [2.05, 4.69) is 38.1 Å². The summed E-state index contributed by atoms with van der Waals surface area (Å²) in [6.45, 7) is 0.645. The average Bonchev–Trinajstić information content (AvgIpc) is 3.20. The Labute approximate surface area is 203 Å². The van der Waals surface area contributed by atoms with Crippen molar-refractivity contribution in [3.05, 3.63) is 46.8 Å². The van der Waals surface area contributed by atoms with Crippen molar-refractivity contribution in [1.82, 2.24) is 20.8 Å². The SMILES string of the molecule is CC(F)(F)OC1CC(c2nc(C3=CC[C@](S)(NC(=O)COc4ccc(Cl)c(F)c4)CN3)no2)C1. The first-order chi connectivity index (χ1) is 16.0. The zero-order valence-corrected chi connectivity index (χ0v) is 19.6. The number of rotatable bonds is 8. The van der Waals surface area contributed by atoms with Gasteiger partial charge in [-0.2, -0.15) is 13.8 Å². The highest BCUT2D eigenvalue weighted by atomic mass is 35.5. The van der Waals surface area contributed by atoms with Gasteiger partial charge in [0.1, 0.15) is 16.4 Å². The topological polar surface area (TPSA) is 98.5 Å². The maximum Gasteiger partial charge on any atom is 0.353 e. The van der Waals surface area contributed by atoms with Crippen LogP contribution in [0.1, 0.15) is 43.8 Å². The number of carbonyl (C=O) groups is 1. The number of carbonyl (C=O) groups excluding carboxylic acids is 1. The minimum Gasteiger partial charge on any atom is -0.484 e. The van der Waals surface area contributed by atoms with E-state index in [-0.39, 0.29) is 29.8 Å². The van der Waals surface area contributed by atoms with Crippen LogP contribution in [0.4, 0.5) is 13.2 Å². The fourth-order valence-corrected chi connectivity index (χ4v) is 4.01. The Morgan fingerprint density at radius 1 is 1.44 bits per heavy atom. The Morgan fingerprint density at radius 2 is 2.21 bits per heavy atom. The molecule has 34 heavy (non-hydrogen) atoms. The van der Waals surface area contributed by atoms with Crippen molar-refractivity contribution >= 4 is 35.8 Å². The van der Waals surface area contributed by atoms with E-state index in [1.165, 1.54) is 12.1 Å². The second kappa shape index (κ2) is 9.67. The molecule has 0 unspecified atom stereocenters. The summed E-state index contributed by atoms with van der Waals surface area (Å²) < 4.78 is 54.5. The zero-order valence-electron chi connectivity index (χ0n) is 18.0. The third-order valence-corrected chi connectivity index (χ3v) is 6.11. The van der Waals surface area contributed by atoms with Gasteiger partial charge in [-0.15, -0.1) is 12.6 Å². The summed E-state index contributed by atoms with van der Waals surface area (Å²) in [6, 6.07) is 3.89. The van der Waals surface area contributed by atoms with Gasteiger partial charge in [0.2, 0.25) is 11.7 Å². The van der Waals surface area contributed by atoms with Crippen LogP contribution in [-0.4, -0.2) is 46.3 Å². The molecular weight excluding hydrogens is 497 g/mol. The lowest BCUT2D eigenvalue weighted by Crippen LogP contribution is -2.53. The van der Waals surface area contributed by atoms with E-state index < -0.39 is 28.8 Å². The van der Waals surface area contributed by atoms with E-state index in [0.717, 1.165) is 6.07 Å². The summed E-state index contributed by atoms with van der Waals surface area (Å²) in [6.07, 6.45) is -0.813. The van der Waals surface area contributed by atoms with E-state index in [4.69, 9.17) is 20.9 Å². The molecular formula is C21H22ClF3N4O4S. The van der Waals surface area contributed by atoms with Crippen molar-refractivity contribution in [3.8, 4) is 5.75 Å². The number of thiol groups is 1. The summed E-state index contributed by atoms with van der Waals surface area (Å²) >= 11 is 10.2. The second-order valence-corrected chi connectivity index (χ2v) is 9.56. The van der Waals surface area contributed by atoms with Crippen LogP contribution in [0, 0.1) is 5.82 Å². The van der Waals surface area contributed by atoms with Gasteiger partial charge in [-0.1, -0.05) is 22.8 Å². The first-order valence-electron chi connectivity index (χ1n) is 10.4. The molecule has 1 aliphatic heterocycles. The Kier molecular flexibility index (Phi) is 7.02. The molecule has 2 N–H and O–H groups in total. The number of nitrogens with zero attached hydrogens (tertiary/aromatic N) is 2. The predicted octanol–water partition coefficient (Wildman–Crippen LogP) is 3.89. The van der Waals surface area contributed by atoms with Crippen molar-refractivity contribution in [3.63, 3.8) is 0 Å². The molecule has 1 aliphatic carbocycles. The molecule has 0 radical (unpaired) electrons. The maximum atomic E-state index is 13.5. The standard InChI is InChI=1S/C21H22ClF3N4O4S/c1-20(24,25)32-13-6-11(7-13)19-27-18(29-33-19)16-4-5-21(34,10-26-16)28-17(30)9-31-12-2-3-14(22)15(23)8-12/h2-4,8,11,13,26,34H,5-7,9-10H2,1H3,(H,28,30)/t11?,13?,21-/m1/s1. The summed E-state index contributed by atoms with van der Waals surface area (Å²) in [5.41, 5.74) is 0.606. The third kappa shape index (κ3) is 6.16. The number of hydrogen-bond donors (Lipinski definition) is 3. The molecule has 8 nitrogen and oxygen atoms in total. The molecule has 2 aliphatic rings. The molecule has 13 heteroatoms. The molecule has 1 amide bonds. The zero-order chi connectivity index (χ0) is 24.5. The molecule has 1 aromatic carbocycles. The first-order valence-corrected chi connectivity index (χ1v) is 11.3. The number of hydrogen-bond acceptors (Lipinski definition) is 8. The van der Waals surface area contributed by atoms with Crippen LogP contribution in [0.5, 0.6) is 5.75 Å². The highest BCUT2D eigenvalue weighted by Gasteiger charge is 2.40. The third-order valence-electron chi connectivity index (χ3n) is 5.35. The molecule has 1 atom stereocenters. The van der Waals surface area contributed by atoms with Crippen molar-refractivity contribution in [2.24, 2.45) is 0 Å². The van der Waals surface area contributed by atoms with Crippen molar-refractivity contribution in [2.75, 3.05) is 13.2 Å². The Bertz CT molecular complexity index is 1090. The van der Waals surface area contributed by atoms with Gasteiger partial charge in [0.25, 0.3) is 5.91 Å². The lowest BCUT2D eigenvalue weighted by molar-refractivity contribution is -0.265. The van der Waals surface area contributed by atoms with Crippen LogP contribution in [0.2, 0.25) is 5.02 Å². The van der Waals surface area contributed by atoms with Crippen molar-refractivity contribution in [1.29, 1.82) is 0 Å². The number of amides is 1. The molecule has 0 spiro atoms. The average molecular weight is 519 g/mol. The smallest absolute Gasteiger partial charge is 0.353 e. The number of aromatic nitrogens is 2. The highest BCUT2D eigenvalue weighted by molar-refractivity contribution is 7.81. The summed E-state index contributed by atoms with van der Waals surface area (Å²) in [7, 11) is 0. The largest absolute Gasteiger partial charge is 0.484 e. The first kappa shape index (κ1) is 24.7. The molecule has 1 fully saturated rings. The summed E-state index contributed by atoms with van der Waals surface area (Å²) in [5.74, 6) is -0.342. The molecule has 0 bridgehead atoms. The second-order valence-electron chi connectivity index (χ2n) is 8.29. The molecule has 1 aromatic heterocycles. The Morgan fingerprint density at radius 3 is 2.85 bits per heavy atom. The van der Waals surface area contributed by atoms with Gasteiger partial charge in [0.15, 0.2) is 6.61 Å². The lowest BCUT2D eigenvalue weighted by atomic mass is 9.82. The maximum absolute atomic E-state index is 13.5. The van der Waals surface area contributed by atoms with Gasteiger partial charge in [0.05, 0.1) is 16.8 Å². The summed E-state index contributed by atoms with van der Waals surface area (Å²) in [5, 5.41) is 9.78. The predicted molar refractivity (Wildman–Crippen MR) is 119 cm³/mol. The van der Waals surface area contributed by atoms with Crippen LogP contribution in [0.15, 0.2) is 28.8 Å². The number of alkyl halides is 2. The molecule has 2 aromatic rings. The van der Waals surface area contributed by atoms with E-state index >= 15 is 0 Å². The van der Waals surface area contributed by atoms with Crippen molar-refractivity contribution in [2.45, 2.75) is 49.2 Å². The molecule has 0 saturated heterocycles. The fourth-order valence-electron chi connectivity index (χ4n) is 3.60. The number of halogens is 4. The van der Waals surface area contributed by atoms with Crippen LogP contribution in [0.25, 0.3) is 5.70 Å². The minimum atomic E-state index is -3.17. The van der Waals surface area contributed by atoms with Gasteiger partial charge in [-0.3, -0.25) is 4.79 Å². The van der Waals surface area contributed by atoms with E-state index in [0.29, 0.717) is 43.6 Å². The van der Waals surface area contributed by atoms with Gasteiger partial charge in [0, 0.05) is 31.9 Å². The van der Waals surface area contributed by atoms with Gasteiger partial charge in [-0.05, 0) is 25.0 Å². The minimum absolute atomic E-state index is 0.0391. The van der Waals surface area contributed by atoms with Crippen LogP contribution >= 0.6 is 24.2 Å². The normalized spacial score (nSPS) is 24.6.